The highest BCUT2D eigenvalue weighted by molar-refractivity contribution is 6.31. The van der Waals surface area contributed by atoms with Crippen LogP contribution in [0, 0.1) is 0 Å². The van der Waals surface area contributed by atoms with E-state index in [1.54, 1.807) is 42.5 Å². The summed E-state index contributed by atoms with van der Waals surface area (Å²) in [7, 11) is 1.52. The smallest absolute Gasteiger partial charge is 0.330 e. The number of methoxy groups -OCH3 is 1. The van der Waals surface area contributed by atoms with E-state index in [0.717, 1.165) is 0 Å². The molecule has 0 bridgehead atoms. The van der Waals surface area contributed by atoms with Crippen molar-refractivity contribution in [1.29, 1.82) is 0 Å². The zero-order valence-corrected chi connectivity index (χ0v) is 16.1. The van der Waals surface area contributed by atoms with Crippen LogP contribution in [-0.4, -0.2) is 26.8 Å². The molecule has 2 aromatic heterocycles. The molecule has 2 heterocycles. The van der Waals surface area contributed by atoms with E-state index in [0.29, 0.717) is 27.6 Å². The van der Waals surface area contributed by atoms with Crippen molar-refractivity contribution < 1.29 is 9.84 Å². The molecule has 0 saturated carbocycles. The van der Waals surface area contributed by atoms with Gasteiger partial charge >= 0.3 is 5.69 Å². The second kappa shape index (κ2) is 7.44. The topological polar surface area (TPSA) is 97.2 Å². The maximum Gasteiger partial charge on any atom is 0.330 e. The molecule has 0 saturated heterocycles. The molecule has 0 aliphatic carbocycles. The summed E-state index contributed by atoms with van der Waals surface area (Å²) in [6.07, 6.45) is 0. The van der Waals surface area contributed by atoms with Crippen molar-refractivity contribution in [3.63, 3.8) is 0 Å². The number of hydrogen-bond acceptors (Lipinski definition) is 5. The molecule has 4 aromatic rings. The third kappa shape index (κ3) is 3.48. The summed E-state index contributed by atoms with van der Waals surface area (Å²) in [5.74, 6) is 0.543. The fraction of sp³-hybridized carbons (Fsp3) is 0.0952. The van der Waals surface area contributed by atoms with Crippen LogP contribution in [0.15, 0.2) is 64.2 Å². The lowest BCUT2D eigenvalue weighted by Crippen LogP contribution is -2.31. The molecule has 0 radical (unpaired) electrons. The number of H-pyrrole nitrogens is 1. The summed E-state index contributed by atoms with van der Waals surface area (Å²) in [4.78, 5) is 31.6. The fourth-order valence-electron chi connectivity index (χ4n) is 3.10. The van der Waals surface area contributed by atoms with Crippen LogP contribution in [0.3, 0.4) is 0 Å². The van der Waals surface area contributed by atoms with Crippen LogP contribution in [0.4, 0.5) is 0 Å². The second-order valence-corrected chi connectivity index (χ2v) is 6.79. The number of pyridine rings is 1. The summed E-state index contributed by atoms with van der Waals surface area (Å²) in [6, 6.07) is 15.1. The number of hydrogen-bond donors (Lipinski definition) is 2. The van der Waals surface area contributed by atoms with Crippen molar-refractivity contribution in [3.8, 4) is 22.8 Å². The van der Waals surface area contributed by atoms with E-state index in [1.165, 1.54) is 17.7 Å². The summed E-state index contributed by atoms with van der Waals surface area (Å²) >= 11 is 6.24. The van der Waals surface area contributed by atoms with E-state index >= 15 is 0 Å². The van der Waals surface area contributed by atoms with Crippen LogP contribution in [0.2, 0.25) is 5.02 Å². The highest BCUT2D eigenvalue weighted by Gasteiger charge is 2.14. The quantitative estimate of drug-likeness (QED) is 0.539. The molecule has 0 unspecified atom stereocenters. The maximum atomic E-state index is 12.5. The Bertz CT molecular complexity index is 1340. The molecule has 4 rings (SSSR count). The number of halogens is 1. The first-order chi connectivity index (χ1) is 14.0. The molecular weight excluding hydrogens is 394 g/mol. The minimum atomic E-state index is -0.595. The lowest BCUT2D eigenvalue weighted by atomic mass is 10.1. The molecule has 0 aliphatic rings. The lowest BCUT2D eigenvalue weighted by Gasteiger charge is -2.12. The molecule has 0 amide bonds. The summed E-state index contributed by atoms with van der Waals surface area (Å²) in [5.41, 5.74) is 0.589. The van der Waals surface area contributed by atoms with E-state index in [2.05, 4.69) is 9.97 Å². The van der Waals surface area contributed by atoms with Gasteiger partial charge in [-0.15, -0.1) is 0 Å². The largest absolute Gasteiger partial charge is 0.507 e. The van der Waals surface area contributed by atoms with Gasteiger partial charge in [-0.05, 0) is 42.0 Å². The Hall–Kier alpha value is -3.58. The molecule has 2 aromatic carbocycles. The van der Waals surface area contributed by atoms with E-state index < -0.39 is 11.2 Å². The number of phenols is 1. The van der Waals surface area contributed by atoms with Crippen LogP contribution in [0.25, 0.3) is 22.3 Å². The molecule has 146 valence electrons. The van der Waals surface area contributed by atoms with Gasteiger partial charge in [0.1, 0.15) is 11.5 Å². The number of aromatic nitrogens is 3. The van der Waals surface area contributed by atoms with Crippen LogP contribution in [-0.2, 0) is 6.54 Å². The van der Waals surface area contributed by atoms with Crippen molar-refractivity contribution in [3.05, 3.63) is 86.0 Å². The number of nitrogens with zero attached hydrogens (tertiary/aromatic N) is 2. The fourth-order valence-corrected chi connectivity index (χ4v) is 3.30. The summed E-state index contributed by atoms with van der Waals surface area (Å²) < 4.78 is 6.56. The predicted octanol–water partition coefficient (Wildman–Crippen LogP) is 3.17. The standard InChI is InChI=1S/C21H16ClN3O4/c1-29-13-6-9-18(26)15(10-13)17-8-7-14-19(23-17)25(21(28)24-20(14)27)11-12-4-2-3-5-16(12)22/h2-10,26H,11H2,1H3,(H,24,27,28). The Morgan fingerprint density at radius 2 is 1.93 bits per heavy atom. The van der Waals surface area contributed by atoms with Gasteiger partial charge in [-0.2, -0.15) is 0 Å². The normalized spacial score (nSPS) is 11.0. The molecule has 2 N–H and O–H groups in total. The van der Waals surface area contributed by atoms with E-state index in [4.69, 9.17) is 16.3 Å². The zero-order valence-electron chi connectivity index (χ0n) is 15.3. The van der Waals surface area contributed by atoms with Crippen LogP contribution in [0.5, 0.6) is 11.5 Å². The molecule has 7 nitrogen and oxygen atoms in total. The van der Waals surface area contributed by atoms with Gasteiger partial charge in [-0.3, -0.25) is 14.3 Å². The van der Waals surface area contributed by atoms with Crippen molar-refractivity contribution in [2.24, 2.45) is 0 Å². The van der Waals surface area contributed by atoms with Gasteiger partial charge in [-0.25, -0.2) is 9.78 Å². The van der Waals surface area contributed by atoms with Gasteiger partial charge in [-0.1, -0.05) is 29.8 Å². The van der Waals surface area contributed by atoms with E-state index in [9.17, 15) is 14.7 Å². The van der Waals surface area contributed by atoms with Gasteiger partial charge in [0, 0.05) is 10.6 Å². The van der Waals surface area contributed by atoms with Gasteiger partial charge < -0.3 is 9.84 Å². The van der Waals surface area contributed by atoms with Crippen molar-refractivity contribution in [2.75, 3.05) is 7.11 Å². The monoisotopic (exact) mass is 409 g/mol. The van der Waals surface area contributed by atoms with Gasteiger partial charge in [0.2, 0.25) is 0 Å². The maximum absolute atomic E-state index is 12.5. The molecule has 0 atom stereocenters. The summed E-state index contributed by atoms with van der Waals surface area (Å²) in [5, 5.41) is 11.0. The Morgan fingerprint density at radius 1 is 1.14 bits per heavy atom. The Morgan fingerprint density at radius 3 is 2.69 bits per heavy atom. The first-order valence-corrected chi connectivity index (χ1v) is 9.10. The number of fused-ring (bicyclic) bond motifs is 1. The molecule has 0 spiro atoms. The number of ether oxygens (including phenoxy) is 1. The van der Waals surface area contributed by atoms with Gasteiger partial charge in [0.15, 0.2) is 5.65 Å². The van der Waals surface area contributed by atoms with Crippen LogP contribution < -0.4 is 16.0 Å². The third-order valence-electron chi connectivity index (χ3n) is 4.61. The van der Waals surface area contributed by atoms with Crippen molar-refractivity contribution in [2.45, 2.75) is 6.54 Å². The summed E-state index contributed by atoms with van der Waals surface area (Å²) in [6.45, 7) is 0.131. The van der Waals surface area contributed by atoms with E-state index in [1.807, 2.05) is 6.07 Å². The predicted molar refractivity (Wildman–Crippen MR) is 111 cm³/mol. The average Bonchev–Trinajstić information content (AvgIpc) is 2.72. The zero-order chi connectivity index (χ0) is 20.5. The Labute approximate surface area is 169 Å². The highest BCUT2D eigenvalue weighted by Crippen LogP contribution is 2.32. The minimum Gasteiger partial charge on any atom is -0.507 e. The number of benzene rings is 2. The van der Waals surface area contributed by atoms with Gasteiger partial charge in [0.05, 0.1) is 24.7 Å². The van der Waals surface area contributed by atoms with Crippen molar-refractivity contribution >= 4 is 22.6 Å². The van der Waals surface area contributed by atoms with Crippen LogP contribution >= 0.6 is 11.6 Å². The average molecular weight is 410 g/mol. The molecule has 0 fully saturated rings. The molecule has 29 heavy (non-hydrogen) atoms. The lowest BCUT2D eigenvalue weighted by molar-refractivity contribution is 0.412. The van der Waals surface area contributed by atoms with Crippen molar-refractivity contribution in [1.82, 2.24) is 14.5 Å². The number of nitrogens with one attached hydrogen (secondary N) is 1. The molecule has 8 heteroatoms. The van der Waals surface area contributed by atoms with Crippen LogP contribution in [0.1, 0.15) is 5.56 Å². The first-order valence-electron chi connectivity index (χ1n) is 8.72. The SMILES string of the molecule is COc1ccc(O)c(-c2ccc3c(=O)[nH]c(=O)n(Cc4ccccc4Cl)c3n2)c1. The number of aromatic hydroxyl groups is 1. The number of phenolic OH excluding ortho intramolecular Hbond substituents is 1. The second-order valence-electron chi connectivity index (χ2n) is 6.39. The molecular formula is C21H16ClN3O4. The first kappa shape index (κ1) is 18.8. The Balaban J connectivity index is 1.95. The minimum absolute atomic E-state index is 0.00231. The Kier molecular flexibility index (Phi) is 4.82. The van der Waals surface area contributed by atoms with E-state index in [-0.39, 0.29) is 23.3 Å². The third-order valence-corrected chi connectivity index (χ3v) is 4.98. The molecule has 0 aliphatic heterocycles. The highest BCUT2D eigenvalue weighted by atomic mass is 35.5. The van der Waals surface area contributed by atoms with Gasteiger partial charge in [0.25, 0.3) is 5.56 Å². The number of aromatic amines is 1. The number of rotatable bonds is 4.